The lowest BCUT2D eigenvalue weighted by Gasteiger charge is -2.12. The Morgan fingerprint density at radius 1 is 1.11 bits per heavy atom. The highest BCUT2D eigenvalue weighted by Crippen LogP contribution is 2.29. The average Bonchev–Trinajstić information content (AvgIpc) is 2.36. The Labute approximate surface area is 118 Å². The Hall–Kier alpha value is -1.51. The fourth-order valence-corrected chi connectivity index (χ4v) is 2.40. The average molecular weight is 277 g/mol. The number of aliphatic hydroxyl groups is 1. The summed E-state index contributed by atoms with van der Waals surface area (Å²) in [6, 6.07) is 11.7. The minimum Gasteiger partial charge on any atom is -0.487 e. The van der Waals surface area contributed by atoms with Crippen molar-refractivity contribution in [3.63, 3.8) is 0 Å². The molecule has 19 heavy (non-hydrogen) atoms. The second-order valence-electron chi connectivity index (χ2n) is 4.67. The van der Waals surface area contributed by atoms with Gasteiger partial charge < -0.3 is 9.84 Å². The van der Waals surface area contributed by atoms with Crippen molar-refractivity contribution in [2.75, 3.05) is 0 Å². The van der Waals surface area contributed by atoms with Crippen LogP contribution >= 0.6 is 11.6 Å². The maximum Gasteiger partial charge on any atom is 0.143 e. The van der Waals surface area contributed by atoms with Crippen LogP contribution < -0.4 is 4.74 Å². The van der Waals surface area contributed by atoms with Gasteiger partial charge in [-0.3, -0.25) is 0 Å². The van der Waals surface area contributed by atoms with E-state index in [1.807, 2.05) is 6.07 Å². The van der Waals surface area contributed by atoms with E-state index in [9.17, 15) is 5.11 Å². The molecule has 0 aliphatic heterocycles. The maximum atomic E-state index is 9.29. The topological polar surface area (TPSA) is 29.5 Å². The third-order valence-corrected chi connectivity index (χ3v) is 3.18. The molecular formula is C16H17ClO2. The summed E-state index contributed by atoms with van der Waals surface area (Å²) in [7, 11) is 0. The van der Waals surface area contributed by atoms with E-state index in [1.54, 1.807) is 12.1 Å². The van der Waals surface area contributed by atoms with E-state index in [0.717, 1.165) is 5.56 Å². The summed E-state index contributed by atoms with van der Waals surface area (Å²) in [5, 5.41) is 9.81. The molecule has 0 atom stereocenters. The lowest BCUT2D eigenvalue weighted by atomic mass is 10.1. The SMILES string of the molecule is Cc1cc(C)cc(COc2c(Cl)cccc2CO)c1. The van der Waals surface area contributed by atoms with E-state index >= 15 is 0 Å². The predicted molar refractivity (Wildman–Crippen MR) is 77.6 cm³/mol. The lowest BCUT2D eigenvalue weighted by molar-refractivity contribution is 0.259. The summed E-state index contributed by atoms with van der Waals surface area (Å²) in [4.78, 5) is 0. The highest BCUT2D eigenvalue weighted by Gasteiger charge is 2.08. The fourth-order valence-electron chi connectivity index (χ4n) is 2.15. The quantitative estimate of drug-likeness (QED) is 0.914. The summed E-state index contributed by atoms with van der Waals surface area (Å²) < 4.78 is 5.76. The van der Waals surface area contributed by atoms with Gasteiger partial charge in [0.15, 0.2) is 0 Å². The van der Waals surface area contributed by atoms with Crippen LogP contribution in [0.5, 0.6) is 5.75 Å². The Bertz CT molecular complexity index is 559. The minimum absolute atomic E-state index is 0.0806. The van der Waals surface area contributed by atoms with Gasteiger partial charge in [-0.25, -0.2) is 0 Å². The molecule has 0 aliphatic rings. The van der Waals surface area contributed by atoms with Gasteiger partial charge >= 0.3 is 0 Å². The summed E-state index contributed by atoms with van der Waals surface area (Å²) in [5.41, 5.74) is 4.22. The van der Waals surface area contributed by atoms with Crippen molar-refractivity contribution < 1.29 is 9.84 Å². The van der Waals surface area contributed by atoms with Crippen molar-refractivity contribution in [1.29, 1.82) is 0 Å². The first-order chi connectivity index (χ1) is 9.10. The first kappa shape index (κ1) is 13.9. The van der Waals surface area contributed by atoms with Gasteiger partial charge in [0.1, 0.15) is 12.4 Å². The van der Waals surface area contributed by atoms with Crippen molar-refractivity contribution in [2.24, 2.45) is 0 Å². The van der Waals surface area contributed by atoms with Gasteiger partial charge in [0.2, 0.25) is 0 Å². The third-order valence-electron chi connectivity index (χ3n) is 2.88. The smallest absolute Gasteiger partial charge is 0.143 e. The molecule has 2 aromatic rings. The van der Waals surface area contributed by atoms with E-state index in [1.165, 1.54) is 11.1 Å². The first-order valence-corrected chi connectivity index (χ1v) is 6.56. The number of rotatable bonds is 4. The second-order valence-corrected chi connectivity index (χ2v) is 5.08. The standard InChI is InChI=1S/C16H17ClO2/c1-11-6-12(2)8-13(7-11)10-19-16-14(9-18)4-3-5-15(16)17/h3-8,18H,9-10H2,1-2H3. The van der Waals surface area contributed by atoms with Crippen LogP contribution in [0.3, 0.4) is 0 Å². The van der Waals surface area contributed by atoms with Crippen LogP contribution in [0.4, 0.5) is 0 Å². The molecule has 2 rings (SSSR count). The third kappa shape index (κ3) is 3.49. The second kappa shape index (κ2) is 6.09. The van der Waals surface area contributed by atoms with Crippen molar-refractivity contribution in [3.05, 3.63) is 63.7 Å². The molecule has 2 nitrogen and oxygen atoms in total. The molecule has 0 saturated carbocycles. The number of ether oxygens (including phenoxy) is 1. The number of hydrogen-bond donors (Lipinski definition) is 1. The molecule has 0 fully saturated rings. The molecule has 3 heteroatoms. The van der Waals surface area contributed by atoms with Crippen molar-refractivity contribution in [3.8, 4) is 5.75 Å². The molecular weight excluding hydrogens is 260 g/mol. The highest BCUT2D eigenvalue weighted by molar-refractivity contribution is 6.32. The molecule has 0 amide bonds. The van der Waals surface area contributed by atoms with Crippen LogP contribution in [0, 0.1) is 13.8 Å². The van der Waals surface area contributed by atoms with Gasteiger partial charge in [-0.15, -0.1) is 0 Å². The Kier molecular flexibility index (Phi) is 4.46. The molecule has 0 heterocycles. The molecule has 1 N–H and O–H groups in total. The number of halogens is 1. The summed E-state index contributed by atoms with van der Waals surface area (Å²) in [6.07, 6.45) is 0. The van der Waals surface area contributed by atoms with E-state index in [2.05, 4.69) is 32.0 Å². The molecule has 2 aromatic carbocycles. The predicted octanol–water partition coefficient (Wildman–Crippen LogP) is 4.03. The molecule has 0 saturated heterocycles. The van der Waals surface area contributed by atoms with E-state index < -0.39 is 0 Å². The summed E-state index contributed by atoms with van der Waals surface area (Å²) >= 11 is 6.10. The maximum absolute atomic E-state index is 9.29. The molecule has 0 unspecified atom stereocenters. The molecule has 0 spiro atoms. The number of aliphatic hydroxyl groups excluding tert-OH is 1. The van der Waals surface area contributed by atoms with Crippen molar-refractivity contribution in [2.45, 2.75) is 27.1 Å². The molecule has 0 aliphatic carbocycles. The first-order valence-electron chi connectivity index (χ1n) is 6.18. The van der Waals surface area contributed by atoms with Crippen LogP contribution in [-0.2, 0) is 13.2 Å². The van der Waals surface area contributed by atoms with Crippen LogP contribution in [0.1, 0.15) is 22.3 Å². The highest BCUT2D eigenvalue weighted by atomic mass is 35.5. The van der Waals surface area contributed by atoms with Crippen molar-refractivity contribution >= 4 is 11.6 Å². The van der Waals surface area contributed by atoms with E-state index in [4.69, 9.17) is 16.3 Å². The number of hydrogen-bond acceptors (Lipinski definition) is 2. The van der Waals surface area contributed by atoms with Gasteiger partial charge in [-0.05, 0) is 25.5 Å². The number of benzene rings is 2. The molecule has 0 radical (unpaired) electrons. The summed E-state index contributed by atoms with van der Waals surface area (Å²) in [6.45, 7) is 4.48. The van der Waals surface area contributed by atoms with E-state index in [0.29, 0.717) is 22.9 Å². The lowest BCUT2D eigenvalue weighted by Crippen LogP contribution is -2.00. The number of para-hydroxylation sites is 1. The van der Waals surface area contributed by atoms with Gasteiger partial charge in [-0.2, -0.15) is 0 Å². The zero-order valence-electron chi connectivity index (χ0n) is 11.1. The largest absolute Gasteiger partial charge is 0.487 e. The van der Waals surface area contributed by atoms with Crippen LogP contribution in [0.2, 0.25) is 5.02 Å². The van der Waals surface area contributed by atoms with Gasteiger partial charge in [-0.1, -0.05) is 53.1 Å². The Morgan fingerprint density at radius 2 is 1.79 bits per heavy atom. The number of aryl methyl sites for hydroxylation is 2. The molecule has 0 bridgehead atoms. The van der Waals surface area contributed by atoms with Crippen LogP contribution in [0.15, 0.2) is 36.4 Å². The van der Waals surface area contributed by atoms with Crippen LogP contribution in [-0.4, -0.2) is 5.11 Å². The van der Waals surface area contributed by atoms with Crippen molar-refractivity contribution in [1.82, 2.24) is 0 Å². The van der Waals surface area contributed by atoms with Gasteiger partial charge in [0.25, 0.3) is 0 Å². The zero-order chi connectivity index (χ0) is 13.8. The van der Waals surface area contributed by atoms with Gasteiger partial charge in [0.05, 0.1) is 11.6 Å². The fraction of sp³-hybridized carbons (Fsp3) is 0.250. The Balaban J connectivity index is 2.18. The minimum atomic E-state index is -0.0806. The van der Waals surface area contributed by atoms with E-state index in [-0.39, 0.29) is 6.61 Å². The molecule has 100 valence electrons. The summed E-state index contributed by atoms with van der Waals surface area (Å²) in [5.74, 6) is 0.561. The monoisotopic (exact) mass is 276 g/mol. The Morgan fingerprint density at radius 3 is 2.42 bits per heavy atom. The zero-order valence-corrected chi connectivity index (χ0v) is 11.9. The normalized spacial score (nSPS) is 10.5. The van der Waals surface area contributed by atoms with Crippen LogP contribution in [0.25, 0.3) is 0 Å². The molecule has 0 aromatic heterocycles. The van der Waals surface area contributed by atoms with Gasteiger partial charge in [0, 0.05) is 5.56 Å².